The molecule has 5 heteroatoms. The lowest BCUT2D eigenvalue weighted by Gasteiger charge is -1.99. The van der Waals surface area contributed by atoms with Gasteiger partial charge >= 0.3 is 5.00 Å². The third-order valence-corrected chi connectivity index (χ3v) is 4.64. The van der Waals surface area contributed by atoms with Crippen molar-refractivity contribution in [1.82, 2.24) is 0 Å². The summed E-state index contributed by atoms with van der Waals surface area (Å²) in [7, 11) is 0. The van der Waals surface area contributed by atoms with Crippen LogP contribution in [0.5, 0.6) is 0 Å². The number of unbranched alkanes of at least 4 members (excludes halogenated alkanes) is 5. The van der Waals surface area contributed by atoms with Crippen LogP contribution in [0.25, 0.3) is 0 Å². The summed E-state index contributed by atoms with van der Waals surface area (Å²) in [5.74, 6) is 0. The first-order valence-corrected chi connectivity index (χ1v) is 7.68. The molecule has 0 aliphatic heterocycles. The lowest BCUT2D eigenvalue weighted by Crippen LogP contribution is -1.85. The van der Waals surface area contributed by atoms with E-state index in [1.807, 2.05) is 0 Å². The quantitative estimate of drug-likeness (QED) is 0.369. The van der Waals surface area contributed by atoms with Crippen molar-refractivity contribution in [3.63, 3.8) is 0 Å². The summed E-state index contributed by atoms with van der Waals surface area (Å²) >= 11 is 4.61. The van der Waals surface area contributed by atoms with E-state index in [1.54, 1.807) is 6.07 Å². The van der Waals surface area contributed by atoms with Gasteiger partial charge in [-0.1, -0.05) is 50.4 Å². The summed E-state index contributed by atoms with van der Waals surface area (Å²) in [5.41, 5.74) is 1.08. The molecule has 0 aliphatic rings. The predicted molar refractivity (Wildman–Crippen MR) is 75.8 cm³/mol. The molecule has 0 aliphatic carbocycles. The van der Waals surface area contributed by atoms with Crippen LogP contribution in [0.3, 0.4) is 0 Å². The van der Waals surface area contributed by atoms with Crippen molar-refractivity contribution < 1.29 is 4.92 Å². The minimum Gasteiger partial charge on any atom is -0.258 e. The Bertz CT molecular complexity index is 365. The topological polar surface area (TPSA) is 43.1 Å². The van der Waals surface area contributed by atoms with Gasteiger partial charge in [-0.3, -0.25) is 10.1 Å². The molecule has 0 N–H and O–H groups in total. The van der Waals surface area contributed by atoms with Crippen molar-refractivity contribution in [3.05, 3.63) is 25.5 Å². The van der Waals surface area contributed by atoms with Gasteiger partial charge in [-0.05, 0) is 34.3 Å². The fourth-order valence-electron chi connectivity index (χ4n) is 1.75. The number of halogens is 1. The Balaban J connectivity index is 2.29. The summed E-state index contributed by atoms with van der Waals surface area (Å²) < 4.78 is 0.915. The second kappa shape index (κ2) is 7.82. The largest absolute Gasteiger partial charge is 0.325 e. The third-order valence-electron chi connectivity index (χ3n) is 2.72. The van der Waals surface area contributed by atoms with Gasteiger partial charge in [0.25, 0.3) is 0 Å². The molecule has 0 fully saturated rings. The molecular formula is C12H18BrNO2S. The lowest BCUT2D eigenvalue weighted by atomic mass is 10.1. The zero-order valence-corrected chi connectivity index (χ0v) is 12.5. The van der Waals surface area contributed by atoms with Crippen LogP contribution in [0, 0.1) is 10.1 Å². The molecule has 0 unspecified atom stereocenters. The monoisotopic (exact) mass is 319 g/mol. The van der Waals surface area contributed by atoms with Gasteiger partial charge in [-0.25, -0.2) is 0 Å². The molecule has 1 rings (SSSR count). The Morgan fingerprint density at radius 1 is 1.29 bits per heavy atom. The molecule has 0 bridgehead atoms. The van der Waals surface area contributed by atoms with Crippen LogP contribution in [-0.2, 0) is 6.42 Å². The fourth-order valence-corrected chi connectivity index (χ4v) is 3.31. The van der Waals surface area contributed by atoms with E-state index in [0.29, 0.717) is 0 Å². The maximum Gasteiger partial charge on any atom is 0.325 e. The molecule has 0 atom stereocenters. The van der Waals surface area contributed by atoms with Gasteiger partial charge in [-0.15, -0.1) is 0 Å². The standard InChI is InChI=1S/C12H18BrNO2S/c1-2-3-4-5-6-7-8-10-9-11(14(15)16)17-12(10)13/h9H,2-8H2,1H3. The molecule has 0 saturated carbocycles. The summed E-state index contributed by atoms with van der Waals surface area (Å²) in [5, 5.41) is 10.8. The highest BCUT2D eigenvalue weighted by Crippen LogP contribution is 2.34. The van der Waals surface area contributed by atoms with E-state index >= 15 is 0 Å². The highest BCUT2D eigenvalue weighted by molar-refractivity contribution is 9.11. The summed E-state index contributed by atoms with van der Waals surface area (Å²) in [4.78, 5) is 10.3. The molecule has 0 amide bonds. The number of aryl methyl sites for hydroxylation is 1. The normalized spacial score (nSPS) is 10.7. The van der Waals surface area contributed by atoms with Gasteiger partial charge in [0.05, 0.1) is 8.71 Å². The Labute approximate surface area is 115 Å². The molecule has 0 spiro atoms. The number of hydrogen-bond donors (Lipinski definition) is 0. The average Bonchev–Trinajstić information content (AvgIpc) is 2.65. The number of hydrogen-bond acceptors (Lipinski definition) is 3. The minimum absolute atomic E-state index is 0.234. The fraction of sp³-hybridized carbons (Fsp3) is 0.667. The molecule has 1 aromatic heterocycles. The predicted octanol–water partition coefficient (Wildman–Crippen LogP) is 5.32. The molecule has 1 aromatic rings. The molecule has 17 heavy (non-hydrogen) atoms. The summed E-state index contributed by atoms with van der Waals surface area (Å²) in [6.45, 7) is 2.21. The zero-order chi connectivity index (χ0) is 12.7. The number of thiophene rings is 1. The molecule has 0 saturated heterocycles. The Hall–Kier alpha value is -0.420. The van der Waals surface area contributed by atoms with E-state index in [2.05, 4.69) is 22.9 Å². The first-order chi connectivity index (χ1) is 8.15. The molecule has 0 aromatic carbocycles. The van der Waals surface area contributed by atoms with Crippen molar-refractivity contribution >= 4 is 32.3 Å². The highest BCUT2D eigenvalue weighted by atomic mass is 79.9. The summed E-state index contributed by atoms with van der Waals surface area (Å²) in [6, 6.07) is 1.70. The van der Waals surface area contributed by atoms with Crippen LogP contribution in [0.2, 0.25) is 0 Å². The zero-order valence-electron chi connectivity index (χ0n) is 10.1. The van der Waals surface area contributed by atoms with Crippen molar-refractivity contribution in [3.8, 4) is 0 Å². The molecule has 0 radical (unpaired) electrons. The minimum atomic E-state index is -0.319. The van der Waals surface area contributed by atoms with Crippen LogP contribution in [0.15, 0.2) is 9.85 Å². The summed E-state index contributed by atoms with van der Waals surface area (Å²) in [6.07, 6.45) is 8.44. The Morgan fingerprint density at radius 3 is 2.53 bits per heavy atom. The van der Waals surface area contributed by atoms with Crippen LogP contribution in [0.4, 0.5) is 5.00 Å². The maximum absolute atomic E-state index is 10.6. The van der Waals surface area contributed by atoms with Gasteiger partial charge in [0.1, 0.15) is 0 Å². The average molecular weight is 320 g/mol. The number of rotatable bonds is 8. The van der Waals surface area contributed by atoms with Gasteiger partial charge < -0.3 is 0 Å². The molecule has 3 nitrogen and oxygen atoms in total. The highest BCUT2D eigenvalue weighted by Gasteiger charge is 2.14. The molecule has 96 valence electrons. The van der Waals surface area contributed by atoms with E-state index in [9.17, 15) is 10.1 Å². The smallest absolute Gasteiger partial charge is 0.258 e. The van der Waals surface area contributed by atoms with Crippen LogP contribution >= 0.6 is 27.3 Å². The van der Waals surface area contributed by atoms with Crippen LogP contribution < -0.4 is 0 Å². The SMILES string of the molecule is CCCCCCCCc1cc([N+](=O)[O-])sc1Br. The van der Waals surface area contributed by atoms with Crippen molar-refractivity contribution in [2.75, 3.05) is 0 Å². The maximum atomic E-state index is 10.6. The molecular weight excluding hydrogens is 302 g/mol. The first-order valence-electron chi connectivity index (χ1n) is 6.07. The Morgan fingerprint density at radius 2 is 1.94 bits per heavy atom. The van der Waals surface area contributed by atoms with Crippen molar-refractivity contribution in [2.24, 2.45) is 0 Å². The van der Waals surface area contributed by atoms with Crippen LogP contribution in [0.1, 0.15) is 51.0 Å². The number of nitro groups is 1. The van der Waals surface area contributed by atoms with E-state index in [0.717, 1.165) is 22.2 Å². The van der Waals surface area contributed by atoms with E-state index in [-0.39, 0.29) is 9.92 Å². The van der Waals surface area contributed by atoms with Gasteiger partial charge in [0.2, 0.25) is 0 Å². The second-order valence-corrected chi connectivity index (χ2v) is 6.51. The first kappa shape index (κ1) is 14.6. The van der Waals surface area contributed by atoms with Crippen molar-refractivity contribution in [1.29, 1.82) is 0 Å². The van der Waals surface area contributed by atoms with E-state index in [4.69, 9.17) is 0 Å². The number of nitrogens with zero attached hydrogens (tertiary/aromatic N) is 1. The molecule has 1 heterocycles. The van der Waals surface area contributed by atoms with Gasteiger partial charge in [0, 0.05) is 6.07 Å². The van der Waals surface area contributed by atoms with Gasteiger partial charge in [-0.2, -0.15) is 0 Å². The third kappa shape index (κ3) is 5.17. The van der Waals surface area contributed by atoms with Gasteiger partial charge in [0.15, 0.2) is 0 Å². The second-order valence-electron chi connectivity index (χ2n) is 4.16. The Kier molecular flexibility index (Phi) is 6.73. The van der Waals surface area contributed by atoms with E-state index < -0.39 is 0 Å². The van der Waals surface area contributed by atoms with E-state index in [1.165, 1.54) is 43.4 Å². The lowest BCUT2D eigenvalue weighted by molar-refractivity contribution is -0.380. The van der Waals surface area contributed by atoms with Crippen molar-refractivity contribution in [2.45, 2.75) is 51.9 Å². The van der Waals surface area contributed by atoms with Crippen LogP contribution in [-0.4, -0.2) is 4.92 Å².